The molecule has 1 fully saturated rings. The van der Waals surface area contributed by atoms with Crippen molar-refractivity contribution in [2.24, 2.45) is 0 Å². The largest absolute Gasteiger partial charge is 0.457 e. The number of aromatic nitrogens is 2. The van der Waals surface area contributed by atoms with Gasteiger partial charge in [0.1, 0.15) is 17.5 Å². The molecule has 0 radical (unpaired) electrons. The first-order valence-corrected chi connectivity index (χ1v) is 13.1. The Kier molecular flexibility index (Phi) is 6.40. The summed E-state index contributed by atoms with van der Waals surface area (Å²) in [5, 5.41) is 4.22. The van der Waals surface area contributed by atoms with Gasteiger partial charge in [-0.3, -0.25) is 4.98 Å². The van der Waals surface area contributed by atoms with E-state index in [4.69, 9.17) is 17.0 Å². The van der Waals surface area contributed by atoms with Crippen molar-refractivity contribution in [1.82, 2.24) is 14.9 Å². The van der Waals surface area contributed by atoms with E-state index >= 15 is 0 Å². The second-order valence-corrected chi connectivity index (χ2v) is 9.93. The number of nitrogens with one attached hydrogen (secondary N) is 1. The average Bonchev–Trinajstić information content (AvgIpc) is 3.56. The minimum absolute atomic E-state index is 0.113. The molecule has 2 aromatic heterocycles. The van der Waals surface area contributed by atoms with E-state index in [1.807, 2.05) is 54.7 Å². The lowest BCUT2D eigenvalue weighted by atomic mass is 10.0. The Hall–Kier alpha value is -4.42. The molecule has 0 amide bonds. The van der Waals surface area contributed by atoms with Crippen molar-refractivity contribution in [3.8, 4) is 17.2 Å². The number of anilines is 1. The van der Waals surface area contributed by atoms with Crippen LogP contribution in [-0.4, -0.2) is 14.7 Å². The molecule has 38 heavy (non-hydrogen) atoms. The third-order valence-electron chi connectivity index (χ3n) is 6.87. The summed E-state index contributed by atoms with van der Waals surface area (Å²) in [6, 6.07) is 34.7. The van der Waals surface area contributed by atoms with Crippen LogP contribution in [0.4, 0.5) is 5.69 Å². The van der Waals surface area contributed by atoms with E-state index in [2.05, 4.69) is 94.4 Å². The lowest BCUT2D eigenvalue weighted by molar-refractivity contribution is 0.482. The molecule has 5 nitrogen and oxygen atoms in total. The van der Waals surface area contributed by atoms with E-state index in [0.717, 1.165) is 34.3 Å². The van der Waals surface area contributed by atoms with Gasteiger partial charge in [0.15, 0.2) is 5.11 Å². The number of hydrogen-bond donors (Lipinski definition) is 1. The van der Waals surface area contributed by atoms with Crippen LogP contribution in [0.2, 0.25) is 0 Å². The molecule has 0 unspecified atom stereocenters. The Morgan fingerprint density at radius 1 is 0.737 bits per heavy atom. The van der Waals surface area contributed by atoms with Gasteiger partial charge in [-0.15, -0.1) is 0 Å². The van der Waals surface area contributed by atoms with Crippen molar-refractivity contribution >= 4 is 23.0 Å². The molecule has 6 rings (SSSR count). The summed E-state index contributed by atoms with van der Waals surface area (Å²) < 4.78 is 8.31. The quantitative estimate of drug-likeness (QED) is 0.237. The highest BCUT2D eigenvalue weighted by atomic mass is 32.1. The van der Waals surface area contributed by atoms with E-state index in [9.17, 15) is 0 Å². The first-order chi connectivity index (χ1) is 18.6. The fourth-order valence-electron chi connectivity index (χ4n) is 4.93. The van der Waals surface area contributed by atoms with Crippen molar-refractivity contribution in [3.63, 3.8) is 0 Å². The Bertz CT molecular complexity index is 1540. The highest BCUT2D eigenvalue weighted by Crippen LogP contribution is 2.42. The van der Waals surface area contributed by atoms with E-state index in [0.29, 0.717) is 5.11 Å². The summed E-state index contributed by atoms with van der Waals surface area (Å²) in [7, 11) is 0. The van der Waals surface area contributed by atoms with Gasteiger partial charge in [-0.1, -0.05) is 41.5 Å². The van der Waals surface area contributed by atoms with Crippen LogP contribution in [0, 0.1) is 13.8 Å². The zero-order valence-corrected chi connectivity index (χ0v) is 22.1. The molecule has 3 heterocycles. The molecule has 3 aromatic carbocycles. The monoisotopic (exact) mass is 516 g/mol. The van der Waals surface area contributed by atoms with Crippen molar-refractivity contribution in [2.45, 2.75) is 25.9 Å². The molecule has 6 heteroatoms. The highest BCUT2D eigenvalue weighted by molar-refractivity contribution is 7.80. The summed E-state index contributed by atoms with van der Waals surface area (Å²) in [6.45, 7) is 4.17. The predicted molar refractivity (Wildman–Crippen MR) is 156 cm³/mol. The maximum Gasteiger partial charge on any atom is 0.174 e. The zero-order valence-electron chi connectivity index (χ0n) is 21.3. The number of benzene rings is 3. The van der Waals surface area contributed by atoms with Crippen molar-refractivity contribution in [2.75, 3.05) is 4.90 Å². The molecule has 188 valence electrons. The number of thiocarbonyl (C=S) groups is 1. The summed E-state index contributed by atoms with van der Waals surface area (Å²) >= 11 is 5.92. The van der Waals surface area contributed by atoms with Crippen LogP contribution in [0.15, 0.2) is 116 Å². The lowest BCUT2D eigenvalue weighted by Gasteiger charge is -2.29. The van der Waals surface area contributed by atoms with Gasteiger partial charge in [0.2, 0.25) is 0 Å². The molecule has 1 N–H and O–H groups in total. The third-order valence-corrected chi connectivity index (χ3v) is 7.18. The second kappa shape index (κ2) is 10.1. The maximum atomic E-state index is 6.07. The zero-order chi connectivity index (χ0) is 26.1. The summed E-state index contributed by atoms with van der Waals surface area (Å²) in [4.78, 5) is 6.87. The third kappa shape index (κ3) is 4.66. The highest BCUT2D eigenvalue weighted by Gasteiger charge is 2.42. The van der Waals surface area contributed by atoms with Gasteiger partial charge in [0, 0.05) is 29.5 Å². The van der Waals surface area contributed by atoms with Crippen LogP contribution >= 0.6 is 12.2 Å². The van der Waals surface area contributed by atoms with Crippen LogP contribution in [0.5, 0.6) is 11.5 Å². The predicted octanol–water partition coefficient (Wildman–Crippen LogP) is 7.46. The Morgan fingerprint density at radius 3 is 2.03 bits per heavy atom. The smallest absolute Gasteiger partial charge is 0.174 e. The first-order valence-electron chi connectivity index (χ1n) is 12.7. The standard InChI is InChI=1S/C32H28N4OS/c1-22-8-12-24(13-9-22)35-21-5-7-29(35)31-30(28-6-3-4-20-33-28)34-32(38)36(31)25-14-18-27(19-15-25)37-26-16-10-23(2)11-17-26/h3-21,30-31H,1-2H3,(H,34,38)/t30-,31+/m0/s1. The SMILES string of the molecule is Cc1ccc(Oc2ccc(N3C(=S)N[C@@H](c4ccccn4)[C@H]3c3cccn3-c3ccc(C)cc3)cc2)cc1. The molecule has 2 atom stereocenters. The summed E-state index contributed by atoms with van der Waals surface area (Å²) in [5.74, 6) is 1.59. The van der Waals surface area contributed by atoms with Crippen LogP contribution in [-0.2, 0) is 0 Å². The minimum atomic E-state index is -0.119. The minimum Gasteiger partial charge on any atom is -0.457 e. The molecule has 0 aliphatic carbocycles. The maximum absolute atomic E-state index is 6.07. The van der Waals surface area contributed by atoms with E-state index in [1.54, 1.807) is 0 Å². The van der Waals surface area contributed by atoms with Gasteiger partial charge in [0.25, 0.3) is 0 Å². The van der Waals surface area contributed by atoms with Crippen LogP contribution in [0.3, 0.4) is 0 Å². The van der Waals surface area contributed by atoms with Crippen LogP contribution in [0.1, 0.15) is 34.6 Å². The molecule has 0 spiro atoms. The molecule has 1 aliphatic rings. The van der Waals surface area contributed by atoms with Crippen molar-refractivity contribution in [3.05, 3.63) is 138 Å². The van der Waals surface area contributed by atoms with Gasteiger partial charge >= 0.3 is 0 Å². The van der Waals surface area contributed by atoms with Gasteiger partial charge in [-0.2, -0.15) is 0 Å². The molecule has 0 saturated carbocycles. The summed E-state index contributed by atoms with van der Waals surface area (Å²) in [6.07, 6.45) is 3.93. The van der Waals surface area contributed by atoms with Gasteiger partial charge in [-0.25, -0.2) is 0 Å². The Labute approximate surface area is 228 Å². The van der Waals surface area contributed by atoms with E-state index in [-0.39, 0.29) is 12.1 Å². The molecule has 0 bridgehead atoms. The van der Waals surface area contributed by atoms with Crippen LogP contribution in [0.25, 0.3) is 5.69 Å². The number of ether oxygens (including phenoxy) is 1. The topological polar surface area (TPSA) is 42.3 Å². The molecular weight excluding hydrogens is 488 g/mol. The van der Waals surface area contributed by atoms with Crippen molar-refractivity contribution < 1.29 is 4.74 Å². The number of pyridine rings is 1. The average molecular weight is 517 g/mol. The fraction of sp³-hybridized carbons (Fsp3) is 0.125. The lowest BCUT2D eigenvalue weighted by Crippen LogP contribution is -2.30. The van der Waals surface area contributed by atoms with Crippen LogP contribution < -0.4 is 15.0 Å². The summed E-state index contributed by atoms with van der Waals surface area (Å²) in [5.41, 5.74) is 6.59. The first kappa shape index (κ1) is 23.9. The van der Waals surface area contributed by atoms with Gasteiger partial charge in [-0.05, 0) is 98.9 Å². The van der Waals surface area contributed by atoms with Gasteiger partial charge < -0.3 is 19.5 Å². The van der Waals surface area contributed by atoms with E-state index < -0.39 is 0 Å². The number of hydrogen-bond acceptors (Lipinski definition) is 3. The molecule has 1 saturated heterocycles. The van der Waals surface area contributed by atoms with Gasteiger partial charge in [0.05, 0.1) is 11.7 Å². The van der Waals surface area contributed by atoms with Crippen molar-refractivity contribution in [1.29, 1.82) is 0 Å². The molecule has 5 aromatic rings. The number of rotatable bonds is 6. The normalized spacial score (nSPS) is 16.9. The molecular formula is C32H28N4OS. The number of nitrogens with zero attached hydrogens (tertiary/aromatic N) is 3. The molecule has 1 aliphatic heterocycles. The Morgan fingerprint density at radius 2 is 1.37 bits per heavy atom. The second-order valence-electron chi connectivity index (χ2n) is 9.54. The fourth-order valence-corrected chi connectivity index (χ4v) is 5.27. The van der Waals surface area contributed by atoms with E-state index in [1.165, 1.54) is 11.1 Å². The Balaban J connectivity index is 1.38. The number of aryl methyl sites for hydroxylation is 2.